The summed E-state index contributed by atoms with van der Waals surface area (Å²) in [5, 5.41) is 2.80. The summed E-state index contributed by atoms with van der Waals surface area (Å²) in [7, 11) is 0. The van der Waals surface area contributed by atoms with Crippen LogP contribution >= 0.6 is 0 Å². The van der Waals surface area contributed by atoms with E-state index in [-0.39, 0.29) is 18.1 Å². The van der Waals surface area contributed by atoms with Crippen LogP contribution in [0.3, 0.4) is 0 Å². The molecule has 0 spiro atoms. The van der Waals surface area contributed by atoms with Crippen molar-refractivity contribution in [3.8, 4) is 5.88 Å². The molecule has 1 N–H and O–H groups in total. The number of carbonyl (C=O) groups excluding carboxylic acids is 1. The Morgan fingerprint density at radius 2 is 1.93 bits per heavy atom. The highest BCUT2D eigenvalue weighted by Crippen LogP contribution is 2.21. The number of piperidine rings is 1. The van der Waals surface area contributed by atoms with Crippen molar-refractivity contribution in [2.24, 2.45) is 0 Å². The molecule has 0 unspecified atom stereocenters. The summed E-state index contributed by atoms with van der Waals surface area (Å²) in [6.07, 6.45) is 3.84. The standard InChI is InChI=1S/C20H25FN4O2/c1-15-23-18(25-10-3-2-4-11-25)14-20(24-15)27-12-9-22-19(26)13-16-5-7-17(21)8-6-16/h5-8,14H,2-4,9-13H2,1H3,(H,22,26). The molecule has 1 aliphatic rings. The van der Waals surface area contributed by atoms with Gasteiger partial charge in [0.25, 0.3) is 0 Å². The van der Waals surface area contributed by atoms with Gasteiger partial charge in [0.2, 0.25) is 11.8 Å². The fourth-order valence-electron chi connectivity index (χ4n) is 3.08. The first-order valence-electron chi connectivity index (χ1n) is 9.35. The highest BCUT2D eigenvalue weighted by molar-refractivity contribution is 5.78. The van der Waals surface area contributed by atoms with Crippen LogP contribution in [-0.4, -0.2) is 42.1 Å². The summed E-state index contributed by atoms with van der Waals surface area (Å²) >= 11 is 0. The molecule has 1 fully saturated rings. The molecular weight excluding hydrogens is 347 g/mol. The number of halogens is 1. The zero-order chi connectivity index (χ0) is 19.1. The van der Waals surface area contributed by atoms with Crippen molar-refractivity contribution in [1.29, 1.82) is 0 Å². The quantitative estimate of drug-likeness (QED) is 0.757. The Balaban J connectivity index is 1.45. The molecule has 27 heavy (non-hydrogen) atoms. The van der Waals surface area contributed by atoms with Crippen LogP contribution in [0.4, 0.5) is 10.2 Å². The SMILES string of the molecule is Cc1nc(OCCNC(=O)Cc2ccc(F)cc2)cc(N2CCCCC2)n1. The Labute approximate surface area is 158 Å². The largest absolute Gasteiger partial charge is 0.476 e. The number of aromatic nitrogens is 2. The second-order valence-corrected chi connectivity index (χ2v) is 6.66. The highest BCUT2D eigenvalue weighted by Gasteiger charge is 2.14. The lowest BCUT2D eigenvalue weighted by atomic mass is 10.1. The molecule has 1 amide bonds. The number of aryl methyl sites for hydroxylation is 1. The molecule has 0 radical (unpaired) electrons. The van der Waals surface area contributed by atoms with Gasteiger partial charge in [-0.1, -0.05) is 12.1 Å². The summed E-state index contributed by atoms with van der Waals surface area (Å²) in [6, 6.07) is 7.78. The smallest absolute Gasteiger partial charge is 0.224 e. The van der Waals surface area contributed by atoms with Crippen molar-refractivity contribution in [3.63, 3.8) is 0 Å². The molecular formula is C20H25FN4O2. The molecule has 2 heterocycles. The Morgan fingerprint density at radius 3 is 2.67 bits per heavy atom. The van der Waals surface area contributed by atoms with Crippen LogP contribution in [0.5, 0.6) is 5.88 Å². The Bertz CT molecular complexity index is 761. The molecule has 1 aromatic heterocycles. The predicted molar refractivity (Wildman–Crippen MR) is 101 cm³/mol. The molecule has 7 heteroatoms. The van der Waals surface area contributed by atoms with E-state index in [0.29, 0.717) is 24.9 Å². The minimum atomic E-state index is -0.309. The number of carbonyl (C=O) groups is 1. The zero-order valence-electron chi connectivity index (χ0n) is 15.6. The number of amides is 1. The lowest BCUT2D eigenvalue weighted by Gasteiger charge is -2.28. The predicted octanol–water partition coefficient (Wildman–Crippen LogP) is 2.65. The molecule has 3 rings (SSSR count). The number of hydrogen-bond acceptors (Lipinski definition) is 5. The third kappa shape index (κ3) is 5.91. The van der Waals surface area contributed by atoms with Crippen LogP contribution in [0.2, 0.25) is 0 Å². The van der Waals surface area contributed by atoms with E-state index in [1.807, 2.05) is 13.0 Å². The number of nitrogens with one attached hydrogen (secondary N) is 1. The van der Waals surface area contributed by atoms with Gasteiger partial charge in [0, 0.05) is 19.2 Å². The van der Waals surface area contributed by atoms with Crippen LogP contribution in [0.1, 0.15) is 30.7 Å². The van der Waals surface area contributed by atoms with Gasteiger partial charge in [0.05, 0.1) is 13.0 Å². The second kappa shape index (κ2) is 9.30. The van der Waals surface area contributed by atoms with E-state index in [9.17, 15) is 9.18 Å². The lowest BCUT2D eigenvalue weighted by Crippen LogP contribution is -2.31. The minimum Gasteiger partial charge on any atom is -0.476 e. The van der Waals surface area contributed by atoms with Crippen LogP contribution < -0.4 is 15.0 Å². The summed E-state index contributed by atoms with van der Waals surface area (Å²) < 4.78 is 18.6. The van der Waals surface area contributed by atoms with Gasteiger partial charge in [0.15, 0.2) is 0 Å². The lowest BCUT2D eigenvalue weighted by molar-refractivity contribution is -0.120. The number of anilines is 1. The van der Waals surface area contributed by atoms with E-state index in [2.05, 4.69) is 20.2 Å². The fraction of sp³-hybridized carbons (Fsp3) is 0.450. The summed E-state index contributed by atoms with van der Waals surface area (Å²) in [6.45, 7) is 4.57. The van der Waals surface area contributed by atoms with Gasteiger partial charge in [-0.05, 0) is 43.9 Å². The highest BCUT2D eigenvalue weighted by atomic mass is 19.1. The van der Waals surface area contributed by atoms with E-state index in [0.717, 1.165) is 24.5 Å². The normalized spacial score (nSPS) is 14.1. The van der Waals surface area contributed by atoms with Crippen LogP contribution in [0.25, 0.3) is 0 Å². The molecule has 2 aromatic rings. The monoisotopic (exact) mass is 372 g/mol. The van der Waals surface area contributed by atoms with Gasteiger partial charge in [-0.3, -0.25) is 4.79 Å². The number of hydrogen-bond donors (Lipinski definition) is 1. The maximum Gasteiger partial charge on any atom is 0.224 e. The van der Waals surface area contributed by atoms with Gasteiger partial charge >= 0.3 is 0 Å². The number of rotatable bonds is 7. The molecule has 1 saturated heterocycles. The van der Waals surface area contributed by atoms with Gasteiger partial charge in [-0.2, -0.15) is 4.98 Å². The molecule has 1 aliphatic heterocycles. The number of nitrogens with zero attached hydrogens (tertiary/aromatic N) is 3. The fourth-order valence-corrected chi connectivity index (χ4v) is 3.08. The van der Waals surface area contributed by atoms with Crippen molar-refractivity contribution >= 4 is 11.7 Å². The van der Waals surface area contributed by atoms with Crippen molar-refractivity contribution in [2.45, 2.75) is 32.6 Å². The van der Waals surface area contributed by atoms with Crippen molar-refractivity contribution in [2.75, 3.05) is 31.1 Å². The average Bonchev–Trinajstić information content (AvgIpc) is 2.67. The third-order valence-electron chi connectivity index (χ3n) is 4.43. The maximum atomic E-state index is 12.9. The molecule has 0 saturated carbocycles. The van der Waals surface area contributed by atoms with Gasteiger partial charge < -0.3 is 15.0 Å². The maximum absolute atomic E-state index is 12.9. The molecule has 0 atom stereocenters. The Kier molecular flexibility index (Phi) is 6.57. The second-order valence-electron chi connectivity index (χ2n) is 6.66. The summed E-state index contributed by atoms with van der Waals surface area (Å²) in [5.41, 5.74) is 0.771. The first-order valence-corrected chi connectivity index (χ1v) is 9.35. The van der Waals surface area contributed by atoms with Crippen molar-refractivity contribution in [3.05, 3.63) is 47.5 Å². The van der Waals surface area contributed by atoms with Gasteiger partial charge in [0.1, 0.15) is 24.1 Å². The number of benzene rings is 1. The van der Waals surface area contributed by atoms with Gasteiger partial charge in [-0.15, -0.1) is 0 Å². The first kappa shape index (κ1) is 19.1. The van der Waals surface area contributed by atoms with E-state index in [1.165, 1.54) is 31.4 Å². The van der Waals surface area contributed by atoms with E-state index >= 15 is 0 Å². The molecule has 0 bridgehead atoms. The summed E-state index contributed by atoms with van der Waals surface area (Å²) in [5.74, 6) is 1.66. The van der Waals surface area contributed by atoms with E-state index < -0.39 is 0 Å². The molecule has 1 aromatic carbocycles. The van der Waals surface area contributed by atoms with E-state index in [4.69, 9.17) is 4.74 Å². The van der Waals surface area contributed by atoms with Crippen LogP contribution in [-0.2, 0) is 11.2 Å². The first-order chi connectivity index (χ1) is 13.1. The third-order valence-corrected chi connectivity index (χ3v) is 4.43. The number of ether oxygens (including phenoxy) is 1. The van der Waals surface area contributed by atoms with Crippen LogP contribution in [0, 0.1) is 12.7 Å². The zero-order valence-corrected chi connectivity index (χ0v) is 15.6. The minimum absolute atomic E-state index is 0.127. The molecule has 144 valence electrons. The molecule has 6 nitrogen and oxygen atoms in total. The average molecular weight is 372 g/mol. The van der Waals surface area contributed by atoms with Crippen molar-refractivity contribution in [1.82, 2.24) is 15.3 Å². The summed E-state index contributed by atoms with van der Waals surface area (Å²) in [4.78, 5) is 23.0. The van der Waals surface area contributed by atoms with Crippen molar-refractivity contribution < 1.29 is 13.9 Å². The Hall–Kier alpha value is -2.70. The van der Waals surface area contributed by atoms with Crippen LogP contribution in [0.15, 0.2) is 30.3 Å². The van der Waals surface area contributed by atoms with Gasteiger partial charge in [-0.25, -0.2) is 9.37 Å². The topological polar surface area (TPSA) is 67.3 Å². The van der Waals surface area contributed by atoms with E-state index in [1.54, 1.807) is 12.1 Å². The molecule has 0 aliphatic carbocycles. The Morgan fingerprint density at radius 1 is 1.19 bits per heavy atom.